The minimum atomic E-state index is -0.471. The van der Waals surface area contributed by atoms with Gasteiger partial charge in [-0.05, 0) is 30.7 Å². The Hall–Kier alpha value is -2.10. The van der Waals surface area contributed by atoms with Crippen molar-refractivity contribution < 1.29 is 9.53 Å². The van der Waals surface area contributed by atoms with Crippen LogP contribution in [0.25, 0.3) is 10.9 Å². The van der Waals surface area contributed by atoms with Crippen molar-refractivity contribution in [3.05, 3.63) is 35.5 Å². The van der Waals surface area contributed by atoms with Crippen molar-refractivity contribution in [1.29, 1.82) is 0 Å². The summed E-state index contributed by atoms with van der Waals surface area (Å²) in [6, 6.07) is 5.27. The third-order valence-electron chi connectivity index (χ3n) is 2.39. The Kier molecular flexibility index (Phi) is 2.48. The Bertz CT molecular complexity index is 564. The van der Waals surface area contributed by atoms with Gasteiger partial charge in [-0.15, -0.1) is 0 Å². The van der Waals surface area contributed by atoms with Gasteiger partial charge in [0.25, 0.3) is 0 Å². The van der Waals surface area contributed by atoms with Gasteiger partial charge in [0, 0.05) is 17.1 Å². The van der Waals surface area contributed by atoms with Gasteiger partial charge in [-0.25, -0.2) is 0 Å². The van der Waals surface area contributed by atoms with E-state index in [4.69, 9.17) is 10.5 Å². The van der Waals surface area contributed by atoms with Crippen LogP contribution in [0.4, 0.5) is 0 Å². The molecule has 82 valence electrons. The normalized spacial score (nSPS) is 10.4. The summed E-state index contributed by atoms with van der Waals surface area (Å²) in [6.45, 7) is 1.94. The molecule has 0 unspecified atom stereocenters. The monoisotopic (exact) mass is 216 g/mol. The number of ether oxygens (including phenoxy) is 1. The largest absolute Gasteiger partial charge is 0.494 e. The van der Waals surface area contributed by atoms with Crippen molar-refractivity contribution in [1.82, 2.24) is 4.98 Å². The minimum Gasteiger partial charge on any atom is -0.494 e. The molecule has 0 atom stereocenters. The molecule has 4 heteroatoms. The molecule has 1 amide bonds. The van der Waals surface area contributed by atoms with Crippen LogP contribution in [0.2, 0.25) is 0 Å². The molecule has 1 heterocycles. The zero-order chi connectivity index (χ0) is 11.7. The fourth-order valence-electron chi connectivity index (χ4n) is 1.62. The molecule has 1 aromatic heterocycles. The van der Waals surface area contributed by atoms with Gasteiger partial charge in [-0.1, -0.05) is 0 Å². The zero-order valence-corrected chi connectivity index (χ0v) is 9.15. The van der Waals surface area contributed by atoms with E-state index in [-0.39, 0.29) is 0 Å². The molecule has 0 radical (unpaired) electrons. The maximum atomic E-state index is 11.1. The molecule has 16 heavy (non-hydrogen) atoms. The van der Waals surface area contributed by atoms with Crippen LogP contribution in [0, 0.1) is 6.92 Å². The van der Waals surface area contributed by atoms with Gasteiger partial charge in [0.1, 0.15) is 11.3 Å². The quantitative estimate of drug-likeness (QED) is 0.830. The number of nitrogens with zero attached hydrogens (tertiary/aromatic N) is 1. The number of hydrogen-bond acceptors (Lipinski definition) is 3. The number of aromatic nitrogens is 1. The number of aryl methyl sites for hydroxylation is 1. The molecule has 0 aliphatic carbocycles. The van der Waals surface area contributed by atoms with Crippen molar-refractivity contribution in [2.24, 2.45) is 5.73 Å². The number of carbonyl (C=O) groups is 1. The van der Waals surface area contributed by atoms with Crippen LogP contribution in [0.15, 0.2) is 24.4 Å². The van der Waals surface area contributed by atoms with Crippen molar-refractivity contribution in [2.75, 3.05) is 7.11 Å². The average Bonchev–Trinajstić information content (AvgIpc) is 2.26. The maximum Gasteiger partial charge on any atom is 0.248 e. The molecule has 2 aromatic rings. The highest BCUT2D eigenvalue weighted by Gasteiger charge is 2.09. The zero-order valence-electron chi connectivity index (χ0n) is 9.15. The second kappa shape index (κ2) is 3.81. The van der Waals surface area contributed by atoms with E-state index in [1.54, 1.807) is 25.4 Å². The summed E-state index contributed by atoms with van der Waals surface area (Å²) in [4.78, 5) is 15.4. The third-order valence-corrected chi connectivity index (χ3v) is 2.39. The van der Waals surface area contributed by atoms with E-state index >= 15 is 0 Å². The van der Waals surface area contributed by atoms with E-state index in [1.807, 2.05) is 13.0 Å². The Morgan fingerprint density at radius 2 is 2.12 bits per heavy atom. The molecule has 1 aromatic carbocycles. The Balaban J connectivity index is 2.78. The number of benzene rings is 1. The predicted molar refractivity (Wildman–Crippen MR) is 61.5 cm³/mol. The lowest BCUT2D eigenvalue weighted by molar-refractivity contribution is 0.1000. The standard InChI is InChI=1S/C12H12N2O2/c1-7-3-8-4-9(12(13)15)5-10(16-2)11(8)14-6-7/h3-6H,1-2H3,(H2,13,15). The molecule has 0 aliphatic heterocycles. The number of fused-ring (bicyclic) bond motifs is 1. The van der Waals surface area contributed by atoms with E-state index in [0.717, 1.165) is 16.5 Å². The van der Waals surface area contributed by atoms with Crippen LogP contribution in [-0.4, -0.2) is 18.0 Å². The first-order valence-electron chi connectivity index (χ1n) is 4.86. The van der Waals surface area contributed by atoms with E-state index in [9.17, 15) is 4.79 Å². The fourth-order valence-corrected chi connectivity index (χ4v) is 1.62. The lowest BCUT2D eigenvalue weighted by Gasteiger charge is -2.07. The first-order chi connectivity index (χ1) is 7.61. The second-order valence-electron chi connectivity index (χ2n) is 3.63. The van der Waals surface area contributed by atoms with Crippen LogP contribution < -0.4 is 10.5 Å². The SMILES string of the molecule is COc1cc(C(N)=O)cc2cc(C)cnc12. The van der Waals surface area contributed by atoms with E-state index in [2.05, 4.69) is 4.98 Å². The molecular weight excluding hydrogens is 204 g/mol. The van der Waals surface area contributed by atoms with Crippen molar-refractivity contribution in [2.45, 2.75) is 6.92 Å². The number of rotatable bonds is 2. The second-order valence-corrected chi connectivity index (χ2v) is 3.63. The topological polar surface area (TPSA) is 65.2 Å². The summed E-state index contributed by atoms with van der Waals surface area (Å²) in [5.41, 5.74) is 7.44. The summed E-state index contributed by atoms with van der Waals surface area (Å²) >= 11 is 0. The molecule has 2 rings (SSSR count). The summed E-state index contributed by atoms with van der Waals surface area (Å²) in [5.74, 6) is 0.0907. The summed E-state index contributed by atoms with van der Waals surface area (Å²) in [6.07, 6.45) is 1.76. The fraction of sp³-hybridized carbons (Fsp3) is 0.167. The van der Waals surface area contributed by atoms with Gasteiger partial charge in [0.05, 0.1) is 7.11 Å². The Labute approximate surface area is 93.0 Å². The maximum absolute atomic E-state index is 11.1. The lowest BCUT2D eigenvalue weighted by atomic mass is 10.1. The number of hydrogen-bond donors (Lipinski definition) is 1. The number of pyridine rings is 1. The molecule has 2 N–H and O–H groups in total. The molecule has 0 spiro atoms. The Morgan fingerprint density at radius 3 is 2.75 bits per heavy atom. The van der Waals surface area contributed by atoms with Crippen LogP contribution >= 0.6 is 0 Å². The number of methoxy groups -OCH3 is 1. The molecular formula is C12H12N2O2. The Morgan fingerprint density at radius 1 is 1.38 bits per heavy atom. The highest BCUT2D eigenvalue weighted by molar-refractivity contribution is 5.99. The van der Waals surface area contributed by atoms with Crippen LogP contribution in [0.5, 0.6) is 5.75 Å². The van der Waals surface area contributed by atoms with Gasteiger partial charge >= 0.3 is 0 Å². The van der Waals surface area contributed by atoms with Crippen LogP contribution in [-0.2, 0) is 0 Å². The van der Waals surface area contributed by atoms with Gasteiger partial charge < -0.3 is 10.5 Å². The molecule has 0 aliphatic rings. The number of nitrogens with two attached hydrogens (primary N) is 1. The minimum absolute atomic E-state index is 0.428. The van der Waals surface area contributed by atoms with Crippen LogP contribution in [0.3, 0.4) is 0 Å². The first-order valence-corrected chi connectivity index (χ1v) is 4.86. The highest BCUT2D eigenvalue weighted by atomic mass is 16.5. The van der Waals surface area contributed by atoms with Gasteiger partial charge in [-0.3, -0.25) is 9.78 Å². The summed E-state index contributed by atoms with van der Waals surface area (Å²) in [5, 5.41) is 0.855. The molecule has 0 saturated carbocycles. The molecule has 0 saturated heterocycles. The van der Waals surface area contributed by atoms with Gasteiger partial charge in [0.2, 0.25) is 5.91 Å². The van der Waals surface area contributed by atoms with Gasteiger partial charge in [-0.2, -0.15) is 0 Å². The van der Waals surface area contributed by atoms with Crippen LogP contribution in [0.1, 0.15) is 15.9 Å². The molecule has 4 nitrogen and oxygen atoms in total. The van der Waals surface area contributed by atoms with E-state index in [1.165, 1.54) is 0 Å². The highest BCUT2D eigenvalue weighted by Crippen LogP contribution is 2.25. The third kappa shape index (κ3) is 1.69. The van der Waals surface area contributed by atoms with Crippen molar-refractivity contribution in [3.63, 3.8) is 0 Å². The number of primary amides is 1. The average molecular weight is 216 g/mol. The van der Waals surface area contributed by atoms with E-state index in [0.29, 0.717) is 11.3 Å². The number of amides is 1. The van der Waals surface area contributed by atoms with E-state index < -0.39 is 5.91 Å². The van der Waals surface area contributed by atoms with Crippen molar-refractivity contribution in [3.8, 4) is 5.75 Å². The molecule has 0 bridgehead atoms. The summed E-state index contributed by atoms with van der Waals surface area (Å²) in [7, 11) is 1.54. The van der Waals surface area contributed by atoms with Gasteiger partial charge in [0.15, 0.2) is 0 Å². The lowest BCUT2D eigenvalue weighted by Crippen LogP contribution is -2.11. The van der Waals surface area contributed by atoms with Crippen molar-refractivity contribution >= 4 is 16.8 Å². The smallest absolute Gasteiger partial charge is 0.248 e. The first kappa shape index (κ1) is 10.4. The molecule has 0 fully saturated rings. The number of carbonyl (C=O) groups excluding carboxylic acids is 1. The predicted octanol–water partition coefficient (Wildman–Crippen LogP) is 1.65. The summed E-state index contributed by atoms with van der Waals surface area (Å²) < 4.78 is 5.19.